The van der Waals surface area contributed by atoms with Crippen molar-refractivity contribution >= 4 is 0 Å². The SMILES string of the molecule is CCN(Cc1nnc(C)o1)C1CN(CC2CC2)C[C@H]1O. The number of rotatable bonds is 6. The zero-order valence-corrected chi connectivity index (χ0v) is 12.3. The first-order valence-electron chi connectivity index (χ1n) is 7.59. The van der Waals surface area contributed by atoms with Gasteiger partial charge in [-0.2, -0.15) is 0 Å². The minimum atomic E-state index is -0.280. The Hall–Kier alpha value is -0.980. The van der Waals surface area contributed by atoms with Gasteiger partial charge in [-0.15, -0.1) is 10.2 Å². The topological polar surface area (TPSA) is 65.6 Å². The van der Waals surface area contributed by atoms with Crippen molar-refractivity contribution in [1.82, 2.24) is 20.0 Å². The van der Waals surface area contributed by atoms with E-state index in [0.717, 1.165) is 32.1 Å². The van der Waals surface area contributed by atoms with Crippen LogP contribution in [0.4, 0.5) is 0 Å². The molecule has 1 N–H and O–H groups in total. The lowest BCUT2D eigenvalue weighted by molar-refractivity contribution is 0.0760. The van der Waals surface area contributed by atoms with Gasteiger partial charge in [-0.05, 0) is 25.3 Å². The Balaban J connectivity index is 1.59. The van der Waals surface area contributed by atoms with E-state index >= 15 is 0 Å². The predicted octanol–water partition coefficient (Wildman–Crippen LogP) is 0.655. The molecule has 0 amide bonds. The van der Waals surface area contributed by atoms with Crippen LogP contribution in [0.3, 0.4) is 0 Å². The minimum absolute atomic E-state index is 0.172. The van der Waals surface area contributed by atoms with E-state index in [0.29, 0.717) is 18.3 Å². The number of β-amino-alcohol motifs (C(OH)–C–C–N with tert-alkyl or cyclic N) is 1. The first kappa shape index (κ1) is 14.0. The number of aryl methyl sites for hydroxylation is 1. The lowest BCUT2D eigenvalue weighted by Crippen LogP contribution is -2.42. The molecule has 6 nitrogen and oxygen atoms in total. The molecule has 2 fully saturated rings. The van der Waals surface area contributed by atoms with Crippen LogP contribution in [0.25, 0.3) is 0 Å². The summed E-state index contributed by atoms with van der Waals surface area (Å²) in [4.78, 5) is 4.64. The molecule has 3 rings (SSSR count). The van der Waals surface area contributed by atoms with Gasteiger partial charge in [0.2, 0.25) is 11.8 Å². The average molecular weight is 280 g/mol. The van der Waals surface area contributed by atoms with Gasteiger partial charge in [-0.1, -0.05) is 6.92 Å². The molecule has 2 heterocycles. The maximum atomic E-state index is 10.3. The van der Waals surface area contributed by atoms with Crippen molar-refractivity contribution < 1.29 is 9.52 Å². The smallest absolute Gasteiger partial charge is 0.230 e. The minimum Gasteiger partial charge on any atom is -0.424 e. The lowest BCUT2D eigenvalue weighted by Gasteiger charge is -2.28. The van der Waals surface area contributed by atoms with Gasteiger partial charge in [0.1, 0.15) is 0 Å². The zero-order valence-electron chi connectivity index (χ0n) is 12.3. The Morgan fingerprint density at radius 1 is 1.35 bits per heavy atom. The number of aliphatic hydroxyl groups is 1. The molecule has 2 atom stereocenters. The molecular formula is C14H24N4O2. The van der Waals surface area contributed by atoms with E-state index in [1.54, 1.807) is 6.92 Å². The molecule has 0 spiro atoms. The van der Waals surface area contributed by atoms with E-state index in [1.165, 1.54) is 12.8 Å². The summed E-state index contributed by atoms with van der Waals surface area (Å²) in [6, 6.07) is 0.172. The van der Waals surface area contributed by atoms with Gasteiger partial charge in [0.05, 0.1) is 18.7 Å². The highest BCUT2D eigenvalue weighted by Gasteiger charge is 2.37. The Kier molecular flexibility index (Phi) is 4.05. The standard InChI is InChI=1S/C14H24N4O2/c1-3-18(9-14-16-15-10(2)20-14)12-7-17(8-13(12)19)6-11-4-5-11/h11-13,19H,3-9H2,1-2H3/t12?,13-/m1/s1. The first-order valence-corrected chi connectivity index (χ1v) is 7.59. The highest BCUT2D eigenvalue weighted by atomic mass is 16.4. The zero-order chi connectivity index (χ0) is 14.1. The summed E-state index contributed by atoms with van der Waals surface area (Å²) in [6.45, 7) is 8.29. The molecular weight excluding hydrogens is 256 g/mol. The molecule has 0 aromatic carbocycles. The fourth-order valence-electron chi connectivity index (χ4n) is 3.06. The van der Waals surface area contributed by atoms with Gasteiger partial charge >= 0.3 is 0 Å². The molecule has 1 aliphatic heterocycles. The van der Waals surface area contributed by atoms with E-state index in [2.05, 4.69) is 26.9 Å². The van der Waals surface area contributed by atoms with Crippen molar-refractivity contribution in [2.75, 3.05) is 26.2 Å². The highest BCUT2D eigenvalue weighted by molar-refractivity contribution is 4.94. The van der Waals surface area contributed by atoms with E-state index < -0.39 is 0 Å². The quantitative estimate of drug-likeness (QED) is 0.825. The van der Waals surface area contributed by atoms with Crippen molar-refractivity contribution in [3.63, 3.8) is 0 Å². The Morgan fingerprint density at radius 2 is 2.15 bits per heavy atom. The van der Waals surface area contributed by atoms with Crippen LogP contribution in [-0.2, 0) is 6.54 Å². The van der Waals surface area contributed by atoms with E-state index in [-0.39, 0.29) is 12.1 Å². The van der Waals surface area contributed by atoms with E-state index in [1.807, 2.05) is 0 Å². The van der Waals surface area contributed by atoms with E-state index in [9.17, 15) is 5.11 Å². The number of aromatic nitrogens is 2. The number of hydrogen-bond acceptors (Lipinski definition) is 6. The van der Waals surface area contributed by atoms with Gasteiger partial charge in [0.15, 0.2) is 0 Å². The van der Waals surface area contributed by atoms with Crippen molar-refractivity contribution in [3.8, 4) is 0 Å². The lowest BCUT2D eigenvalue weighted by atomic mass is 10.2. The molecule has 20 heavy (non-hydrogen) atoms. The average Bonchev–Trinajstić information content (AvgIpc) is 3.02. The van der Waals surface area contributed by atoms with Gasteiger partial charge in [0.25, 0.3) is 0 Å². The number of likely N-dealkylation sites (N-methyl/N-ethyl adjacent to an activating group) is 1. The second kappa shape index (κ2) is 5.79. The van der Waals surface area contributed by atoms with Crippen LogP contribution in [0.1, 0.15) is 31.5 Å². The van der Waals surface area contributed by atoms with Crippen LogP contribution in [0, 0.1) is 12.8 Å². The molecule has 1 unspecified atom stereocenters. The third-order valence-corrected chi connectivity index (χ3v) is 4.33. The third-order valence-electron chi connectivity index (χ3n) is 4.33. The Labute approximate surface area is 119 Å². The summed E-state index contributed by atoms with van der Waals surface area (Å²) in [5.41, 5.74) is 0. The fraction of sp³-hybridized carbons (Fsp3) is 0.857. The highest BCUT2D eigenvalue weighted by Crippen LogP contribution is 2.31. The van der Waals surface area contributed by atoms with Crippen LogP contribution in [0.15, 0.2) is 4.42 Å². The summed E-state index contributed by atoms with van der Waals surface area (Å²) < 4.78 is 5.45. The first-order chi connectivity index (χ1) is 9.65. The van der Waals surface area contributed by atoms with Gasteiger partial charge in [-0.3, -0.25) is 9.80 Å². The van der Waals surface area contributed by atoms with Crippen LogP contribution in [0.5, 0.6) is 0 Å². The van der Waals surface area contributed by atoms with Gasteiger partial charge in [0, 0.05) is 26.6 Å². The number of hydrogen-bond donors (Lipinski definition) is 1. The maximum absolute atomic E-state index is 10.3. The molecule has 1 saturated carbocycles. The maximum Gasteiger partial charge on any atom is 0.230 e. The molecule has 0 bridgehead atoms. The molecule has 6 heteroatoms. The normalized spacial score (nSPS) is 27.6. The molecule has 1 aromatic heterocycles. The summed E-state index contributed by atoms with van der Waals surface area (Å²) >= 11 is 0. The number of likely N-dealkylation sites (tertiary alicyclic amines) is 1. The third kappa shape index (κ3) is 3.19. The molecule has 1 saturated heterocycles. The monoisotopic (exact) mass is 280 g/mol. The molecule has 1 aromatic rings. The van der Waals surface area contributed by atoms with E-state index in [4.69, 9.17) is 4.42 Å². The second-order valence-electron chi connectivity index (χ2n) is 6.07. The predicted molar refractivity (Wildman–Crippen MR) is 74.1 cm³/mol. The summed E-state index contributed by atoms with van der Waals surface area (Å²) in [6.07, 6.45) is 2.43. The Bertz CT molecular complexity index is 446. The largest absolute Gasteiger partial charge is 0.424 e. The van der Waals surface area contributed by atoms with Gasteiger partial charge < -0.3 is 9.52 Å². The van der Waals surface area contributed by atoms with Crippen molar-refractivity contribution in [2.45, 2.75) is 45.4 Å². The summed E-state index contributed by atoms with van der Waals surface area (Å²) in [5.74, 6) is 2.10. The van der Waals surface area contributed by atoms with Crippen LogP contribution >= 0.6 is 0 Å². The molecule has 1 aliphatic carbocycles. The van der Waals surface area contributed by atoms with Crippen LogP contribution in [-0.4, -0.2) is 63.4 Å². The van der Waals surface area contributed by atoms with Crippen LogP contribution in [0.2, 0.25) is 0 Å². The van der Waals surface area contributed by atoms with Crippen molar-refractivity contribution in [1.29, 1.82) is 0 Å². The Morgan fingerprint density at radius 3 is 2.75 bits per heavy atom. The summed E-state index contributed by atoms with van der Waals surface area (Å²) in [7, 11) is 0. The van der Waals surface area contributed by atoms with Crippen LogP contribution < -0.4 is 0 Å². The number of aliphatic hydroxyl groups excluding tert-OH is 1. The number of nitrogens with zero attached hydrogens (tertiary/aromatic N) is 4. The second-order valence-corrected chi connectivity index (χ2v) is 6.07. The molecule has 2 aliphatic rings. The summed E-state index contributed by atoms with van der Waals surface area (Å²) in [5, 5.41) is 18.2. The molecule has 112 valence electrons. The van der Waals surface area contributed by atoms with Crippen molar-refractivity contribution in [3.05, 3.63) is 11.8 Å². The van der Waals surface area contributed by atoms with Gasteiger partial charge in [-0.25, -0.2) is 0 Å². The van der Waals surface area contributed by atoms with Crippen molar-refractivity contribution in [2.24, 2.45) is 5.92 Å². The molecule has 0 radical (unpaired) electrons. The fourth-order valence-corrected chi connectivity index (χ4v) is 3.06.